The standard InChI is InChI=1S/C7H8BO2S/c1-9-8-10-6-2-4-7(11)5-3-6/h2-5,11H,1H3. The minimum atomic E-state index is 0.740. The molecule has 0 bridgehead atoms. The van der Waals surface area contributed by atoms with Gasteiger partial charge in [0.25, 0.3) is 0 Å². The second-order valence-corrected chi connectivity index (χ2v) is 2.46. The van der Waals surface area contributed by atoms with Crippen LogP contribution in [0.15, 0.2) is 29.2 Å². The lowest BCUT2D eigenvalue weighted by Gasteiger charge is -2.01. The zero-order valence-corrected chi connectivity index (χ0v) is 7.04. The normalized spacial score (nSPS) is 9.27. The van der Waals surface area contributed by atoms with Crippen molar-refractivity contribution >= 4 is 20.3 Å². The van der Waals surface area contributed by atoms with Crippen LogP contribution in [-0.4, -0.2) is 14.8 Å². The summed E-state index contributed by atoms with van der Waals surface area (Å²) >= 11 is 4.13. The fraction of sp³-hybridized carbons (Fsp3) is 0.143. The molecule has 0 saturated heterocycles. The van der Waals surface area contributed by atoms with Gasteiger partial charge in [0.15, 0.2) is 0 Å². The Balaban J connectivity index is 2.52. The number of rotatable bonds is 3. The van der Waals surface area contributed by atoms with Gasteiger partial charge >= 0.3 is 7.69 Å². The molecule has 1 aromatic rings. The molecular weight excluding hydrogens is 159 g/mol. The number of hydrogen-bond donors (Lipinski definition) is 1. The lowest BCUT2D eigenvalue weighted by atomic mass is 10.3. The van der Waals surface area contributed by atoms with E-state index in [0.717, 1.165) is 10.6 Å². The van der Waals surface area contributed by atoms with Crippen LogP contribution in [0.25, 0.3) is 0 Å². The quantitative estimate of drug-likeness (QED) is 0.543. The minimum Gasteiger partial charge on any atom is -0.537 e. The van der Waals surface area contributed by atoms with Gasteiger partial charge in [0.2, 0.25) is 0 Å². The van der Waals surface area contributed by atoms with Crippen molar-refractivity contribution < 1.29 is 9.31 Å². The zero-order valence-electron chi connectivity index (χ0n) is 6.15. The van der Waals surface area contributed by atoms with Crippen molar-refractivity contribution in [1.82, 2.24) is 0 Å². The molecule has 0 amide bonds. The van der Waals surface area contributed by atoms with Crippen molar-refractivity contribution in [1.29, 1.82) is 0 Å². The second kappa shape index (κ2) is 4.31. The Bertz CT molecular complexity index is 212. The summed E-state index contributed by atoms with van der Waals surface area (Å²) in [5.41, 5.74) is 0. The first-order chi connectivity index (χ1) is 5.33. The van der Waals surface area contributed by atoms with Gasteiger partial charge in [-0.3, -0.25) is 0 Å². The van der Waals surface area contributed by atoms with Crippen molar-refractivity contribution in [3.05, 3.63) is 24.3 Å². The van der Waals surface area contributed by atoms with E-state index in [1.54, 1.807) is 0 Å². The molecule has 0 aromatic heterocycles. The molecule has 1 rings (SSSR count). The van der Waals surface area contributed by atoms with E-state index in [1.807, 2.05) is 24.3 Å². The highest BCUT2D eigenvalue weighted by atomic mass is 32.1. The molecule has 0 aliphatic heterocycles. The molecule has 0 spiro atoms. The molecule has 0 fully saturated rings. The fourth-order valence-electron chi connectivity index (χ4n) is 0.628. The first-order valence-electron chi connectivity index (χ1n) is 3.13. The Labute approximate surface area is 72.2 Å². The fourth-order valence-corrected chi connectivity index (χ4v) is 0.777. The van der Waals surface area contributed by atoms with Crippen LogP contribution in [0.4, 0.5) is 0 Å². The molecule has 0 atom stereocenters. The maximum atomic E-state index is 5.03. The number of thiol groups is 1. The molecule has 4 heteroatoms. The lowest BCUT2D eigenvalue weighted by Crippen LogP contribution is -2.03. The van der Waals surface area contributed by atoms with E-state index in [4.69, 9.17) is 4.65 Å². The zero-order chi connectivity index (χ0) is 8.10. The van der Waals surface area contributed by atoms with Crippen molar-refractivity contribution in [2.75, 3.05) is 7.11 Å². The van der Waals surface area contributed by atoms with Gasteiger partial charge in [-0.2, -0.15) is 0 Å². The van der Waals surface area contributed by atoms with Crippen LogP contribution >= 0.6 is 12.6 Å². The molecule has 0 heterocycles. The van der Waals surface area contributed by atoms with Crippen molar-refractivity contribution in [3.8, 4) is 5.75 Å². The van der Waals surface area contributed by atoms with E-state index < -0.39 is 0 Å². The molecule has 1 radical (unpaired) electrons. The van der Waals surface area contributed by atoms with Gasteiger partial charge in [-0.25, -0.2) is 0 Å². The summed E-state index contributed by atoms with van der Waals surface area (Å²) in [6.07, 6.45) is 0. The smallest absolute Gasteiger partial charge is 0.537 e. The summed E-state index contributed by atoms with van der Waals surface area (Å²) < 4.78 is 9.64. The first-order valence-corrected chi connectivity index (χ1v) is 3.58. The van der Waals surface area contributed by atoms with Crippen LogP contribution in [0.5, 0.6) is 5.75 Å². The maximum absolute atomic E-state index is 5.03. The Morgan fingerprint density at radius 3 is 2.45 bits per heavy atom. The average molecular weight is 167 g/mol. The SMILES string of the molecule is CO[B]Oc1ccc(S)cc1. The first kappa shape index (κ1) is 8.49. The predicted molar refractivity (Wildman–Crippen MR) is 47.1 cm³/mol. The van der Waals surface area contributed by atoms with Crippen LogP contribution < -0.4 is 4.65 Å². The Kier molecular flexibility index (Phi) is 3.33. The van der Waals surface area contributed by atoms with E-state index >= 15 is 0 Å². The van der Waals surface area contributed by atoms with Crippen LogP contribution in [0, 0.1) is 0 Å². The molecule has 2 nitrogen and oxygen atoms in total. The van der Waals surface area contributed by atoms with Gasteiger partial charge in [-0.1, -0.05) is 0 Å². The van der Waals surface area contributed by atoms with Gasteiger partial charge in [-0.15, -0.1) is 12.6 Å². The monoisotopic (exact) mass is 167 g/mol. The highest BCUT2D eigenvalue weighted by Gasteiger charge is 1.94. The number of hydrogen-bond acceptors (Lipinski definition) is 3. The second-order valence-electron chi connectivity index (χ2n) is 1.94. The molecule has 1 aromatic carbocycles. The van der Waals surface area contributed by atoms with Crippen molar-refractivity contribution in [2.45, 2.75) is 4.90 Å². The van der Waals surface area contributed by atoms with Gasteiger partial charge in [0, 0.05) is 12.0 Å². The summed E-state index contributed by atoms with van der Waals surface area (Å²) in [7, 11) is 2.81. The maximum Gasteiger partial charge on any atom is 0.572 e. The van der Waals surface area contributed by atoms with Gasteiger partial charge in [-0.05, 0) is 24.3 Å². The average Bonchev–Trinajstić information content (AvgIpc) is 2.04. The highest BCUT2D eigenvalue weighted by Crippen LogP contribution is 2.13. The Morgan fingerprint density at radius 1 is 1.27 bits per heavy atom. The summed E-state index contributed by atoms with van der Waals surface area (Å²) in [6, 6.07) is 7.33. The minimum absolute atomic E-state index is 0.740. The molecule has 0 aliphatic carbocycles. The van der Waals surface area contributed by atoms with Crippen molar-refractivity contribution in [3.63, 3.8) is 0 Å². The van der Waals surface area contributed by atoms with Gasteiger partial charge < -0.3 is 9.31 Å². The van der Waals surface area contributed by atoms with E-state index in [1.165, 1.54) is 14.8 Å². The topological polar surface area (TPSA) is 18.5 Å². The molecule has 57 valence electrons. The van der Waals surface area contributed by atoms with Crippen LogP contribution in [0.2, 0.25) is 0 Å². The third kappa shape index (κ3) is 2.86. The lowest BCUT2D eigenvalue weighted by molar-refractivity contribution is 0.366. The molecule has 0 N–H and O–H groups in total. The van der Waals surface area contributed by atoms with E-state index in [9.17, 15) is 0 Å². The third-order valence-corrected chi connectivity index (χ3v) is 1.42. The molecule has 11 heavy (non-hydrogen) atoms. The largest absolute Gasteiger partial charge is 0.572 e. The van der Waals surface area contributed by atoms with Gasteiger partial charge in [0.05, 0.1) is 0 Å². The molecular formula is C7H8BO2S. The molecule has 0 saturated carbocycles. The molecule has 0 unspecified atom stereocenters. The highest BCUT2D eigenvalue weighted by molar-refractivity contribution is 7.80. The van der Waals surface area contributed by atoms with E-state index in [2.05, 4.69) is 17.3 Å². The van der Waals surface area contributed by atoms with Crippen molar-refractivity contribution in [2.24, 2.45) is 0 Å². The predicted octanol–water partition coefficient (Wildman–Crippen LogP) is 1.53. The Hall–Kier alpha value is -0.605. The third-order valence-electron chi connectivity index (χ3n) is 1.12. The number of benzene rings is 1. The van der Waals surface area contributed by atoms with Crippen LogP contribution in [-0.2, 0) is 4.65 Å². The summed E-state index contributed by atoms with van der Waals surface area (Å²) in [4.78, 5) is 0.912. The summed E-state index contributed by atoms with van der Waals surface area (Å²) in [6.45, 7) is 0. The van der Waals surface area contributed by atoms with Gasteiger partial charge in [0.1, 0.15) is 5.75 Å². The van der Waals surface area contributed by atoms with Crippen LogP contribution in [0.1, 0.15) is 0 Å². The Morgan fingerprint density at radius 2 is 1.91 bits per heavy atom. The van der Waals surface area contributed by atoms with Crippen LogP contribution in [0.3, 0.4) is 0 Å². The molecule has 0 aliphatic rings. The van der Waals surface area contributed by atoms with E-state index in [-0.39, 0.29) is 0 Å². The summed E-state index contributed by atoms with van der Waals surface area (Å²) in [5.74, 6) is 0.740. The van der Waals surface area contributed by atoms with E-state index in [0.29, 0.717) is 0 Å². The summed E-state index contributed by atoms with van der Waals surface area (Å²) in [5, 5.41) is 0.